The fourth-order valence-corrected chi connectivity index (χ4v) is 7.13. The number of carbonyl (C=O) groups is 2. The first-order chi connectivity index (χ1) is 23.3. The molecular weight excluding hydrogens is 620 g/mol. The van der Waals surface area contributed by atoms with Gasteiger partial charge in [0.1, 0.15) is 11.5 Å². The molecule has 0 radical (unpaired) electrons. The number of methoxy groups -OCH3 is 1. The molecule has 2 amide bonds. The van der Waals surface area contributed by atoms with Crippen molar-refractivity contribution in [2.45, 2.75) is 31.7 Å². The molecule has 1 atom stereocenters. The number of benzene rings is 1. The molecule has 48 heavy (non-hydrogen) atoms. The van der Waals surface area contributed by atoms with Gasteiger partial charge in [0.15, 0.2) is 17.4 Å². The number of likely N-dealkylation sites (tertiary alicyclic amines) is 1. The van der Waals surface area contributed by atoms with E-state index in [2.05, 4.69) is 32.2 Å². The molecule has 2 fully saturated rings. The van der Waals surface area contributed by atoms with E-state index in [1.807, 2.05) is 17.0 Å². The molecule has 0 aliphatic carbocycles. The van der Waals surface area contributed by atoms with Crippen LogP contribution in [0.15, 0.2) is 42.9 Å². The monoisotopic (exact) mass is 659 g/mol. The summed E-state index contributed by atoms with van der Waals surface area (Å²) in [5, 5.41) is 8.45. The number of ether oxygens (including phenoxy) is 1. The summed E-state index contributed by atoms with van der Waals surface area (Å²) in [6.45, 7) is 4.89. The third-order valence-electron chi connectivity index (χ3n) is 9.71. The van der Waals surface area contributed by atoms with Gasteiger partial charge in [0.2, 0.25) is 5.91 Å². The zero-order chi connectivity index (χ0) is 33.4. The van der Waals surface area contributed by atoms with Crippen molar-refractivity contribution in [3.05, 3.63) is 71.3 Å². The summed E-state index contributed by atoms with van der Waals surface area (Å²) in [6.07, 6.45) is 8.32. The highest BCUT2D eigenvalue weighted by atomic mass is 19.1. The summed E-state index contributed by atoms with van der Waals surface area (Å²) < 4.78 is 37.2. The molecule has 1 unspecified atom stereocenters. The Morgan fingerprint density at radius 2 is 1.90 bits per heavy atom. The number of fused-ring (bicyclic) bond motifs is 1. The minimum Gasteiger partial charge on any atom is -0.493 e. The number of aromatic nitrogens is 5. The Kier molecular flexibility index (Phi) is 8.82. The maximum atomic E-state index is 16.5. The van der Waals surface area contributed by atoms with Crippen LogP contribution in [0.1, 0.15) is 46.8 Å². The van der Waals surface area contributed by atoms with Crippen molar-refractivity contribution in [2.75, 3.05) is 71.4 Å². The molecule has 0 bridgehead atoms. The van der Waals surface area contributed by atoms with Gasteiger partial charge < -0.3 is 29.3 Å². The molecule has 3 aliphatic heterocycles. The number of aromatic amines is 1. The second kappa shape index (κ2) is 13.3. The number of piperazine rings is 1. The largest absolute Gasteiger partial charge is 0.493 e. The van der Waals surface area contributed by atoms with Crippen molar-refractivity contribution in [3.8, 4) is 5.75 Å². The van der Waals surface area contributed by atoms with E-state index in [0.29, 0.717) is 80.6 Å². The fourth-order valence-electron chi connectivity index (χ4n) is 7.13. The fraction of sp³-hybridized carbons (Fsp3) is 0.441. The Hall–Kier alpha value is -4.85. The van der Waals surface area contributed by atoms with Crippen molar-refractivity contribution in [2.24, 2.45) is 0 Å². The lowest BCUT2D eigenvalue weighted by molar-refractivity contribution is -0.131. The van der Waals surface area contributed by atoms with Crippen molar-refractivity contribution in [1.82, 2.24) is 39.7 Å². The number of nitrogens with zero attached hydrogens (tertiary/aromatic N) is 8. The molecular formula is C34H39F2N9O3. The summed E-state index contributed by atoms with van der Waals surface area (Å²) in [7, 11) is 3.55. The summed E-state index contributed by atoms with van der Waals surface area (Å²) in [5.74, 6) is -0.0622. The van der Waals surface area contributed by atoms with E-state index in [1.54, 1.807) is 32.9 Å². The maximum Gasteiger partial charge on any atom is 0.270 e. The van der Waals surface area contributed by atoms with Gasteiger partial charge in [-0.2, -0.15) is 0 Å². The number of hydrogen-bond acceptors (Lipinski definition) is 8. The highest BCUT2D eigenvalue weighted by molar-refractivity contribution is 6.00. The van der Waals surface area contributed by atoms with Crippen molar-refractivity contribution in [1.29, 1.82) is 0 Å². The molecule has 4 aromatic rings. The van der Waals surface area contributed by atoms with E-state index < -0.39 is 11.6 Å². The molecule has 3 aromatic heterocycles. The number of anilines is 1. The SMILES string of the molecule is COc1cc(F)cnc1N1CCN(C(=O)c2cc3c(C4CCN(C)C4)cc(C4=CCCN(C(=O)CCn5ccnn5)C4)c(F)c3[nH]2)CC1. The molecule has 1 aromatic carbocycles. The normalized spacial score (nSPS) is 18.9. The first kappa shape index (κ1) is 31.7. The van der Waals surface area contributed by atoms with Gasteiger partial charge in [-0.15, -0.1) is 5.10 Å². The lowest BCUT2D eigenvalue weighted by atomic mass is 9.89. The van der Waals surface area contributed by atoms with Crippen LogP contribution < -0.4 is 9.64 Å². The van der Waals surface area contributed by atoms with Crippen LogP contribution in [-0.2, 0) is 11.3 Å². The van der Waals surface area contributed by atoms with Crippen LogP contribution in [0.4, 0.5) is 14.6 Å². The van der Waals surface area contributed by atoms with Gasteiger partial charge >= 0.3 is 0 Å². The zero-order valence-corrected chi connectivity index (χ0v) is 27.2. The average molecular weight is 660 g/mol. The summed E-state index contributed by atoms with van der Waals surface area (Å²) in [6, 6.07) is 5.04. The van der Waals surface area contributed by atoms with E-state index in [9.17, 15) is 14.0 Å². The van der Waals surface area contributed by atoms with Crippen LogP contribution >= 0.6 is 0 Å². The van der Waals surface area contributed by atoms with Crippen LogP contribution in [0, 0.1) is 11.6 Å². The second-order valence-corrected chi connectivity index (χ2v) is 12.8. The molecule has 0 spiro atoms. The van der Waals surface area contributed by atoms with Gasteiger partial charge in [-0.3, -0.25) is 14.3 Å². The summed E-state index contributed by atoms with van der Waals surface area (Å²) in [5.41, 5.74) is 2.90. The number of nitrogens with one attached hydrogen (secondary N) is 1. The predicted molar refractivity (Wildman–Crippen MR) is 176 cm³/mol. The van der Waals surface area contributed by atoms with E-state index in [1.165, 1.54) is 13.2 Å². The van der Waals surface area contributed by atoms with Gasteiger partial charge in [0.05, 0.1) is 31.6 Å². The van der Waals surface area contributed by atoms with Crippen LogP contribution in [0.2, 0.25) is 0 Å². The Bertz CT molecular complexity index is 1850. The van der Waals surface area contributed by atoms with E-state index >= 15 is 4.39 Å². The number of likely N-dealkylation sites (N-methyl/N-ethyl adjacent to an activating group) is 1. The topological polar surface area (TPSA) is 116 Å². The number of pyridine rings is 1. The number of carbonyl (C=O) groups excluding carboxylic acids is 2. The quantitative estimate of drug-likeness (QED) is 0.306. The number of hydrogen-bond donors (Lipinski definition) is 1. The zero-order valence-electron chi connectivity index (χ0n) is 27.2. The molecule has 1 N–H and O–H groups in total. The third kappa shape index (κ3) is 6.23. The first-order valence-corrected chi connectivity index (χ1v) is 16.4. The molecule has 0 saturated carbocycles. The standard InChI is InChI=1S/C34H39F2N9O3/c1-41-9-5-23(20-41)25-17-26(22-4-3-8-44(21-22)30(46)6-10-45-11-7-38-40-45)31(36)32-27(25)18-28(39-32)34(47)43-14-12-42(13-15-43)33-29(48-2)16-24(35)19-37-33/h4,7,11,16-19,23,39H,3,5-6,8-10,12-15,20-21H2,1-2H3. The lowest BCUT2D eigenvalue weighted by Crippen LogP contribution is -2.49. The number of halogens is 2. The molecule has 2 saturated heterocycles. The van der Waals surface area contributed by atoms with Gasteiger partial charge in [0.25, 0.3) is 5.91 Å². The third-order valence-corrected chi connectivity index (χ3v) is 9.71. The van der Waals surface area contributed by atoms with E-state index in [0.717, 1.165) is 42.2 Å². The Morgan fingerprint density at radius 3 is 2.62 bits per heavy atom. The van der Waals surface area contributed by atoms with Gasteiger partial charge in [-0.25, -0.2) is 13.8 Å². The summed E-state index contributed by atoms with van der Waals surface area (Å²) in [4.78, 5) is 42.1. The molecule has 7 rings (SSSR count). The average Bonchev–Trinajstić information content (AvgIpc) is 3.89. The van der Waals surface area contributed by atoms with Crippen LogP contribution in [0.25, 0.3) is 16.5 Å². The van der Waals surface area contributed by atoms with Crippen molar-refractivity contribution in [3.63, 3.8) is 0 Å². The van der Waals surface area contributed by atoms with Gasteiger partial charge in [-0.05, 0) is 55.6 Å². The number of aryl methyl sites for hydroxylation is 1. The number of amides is 2. The highest BCUT2D eigenvalue weighted by Gasteiger charge is 2.31. The summed E-state index contributed by atoms with van der Waals surface area (Å²) >= 11 is 0. The minimum absolute atomic E-state index is 0.0169. The van der Waals surface area contributed by atoms with Gasteiger partial charge in [-0.1, -0.05) is 11.3 Å². The Balaban J connectivity index is 1.13. The second-order valence-electron chi connectivity index (χ2n) is 12.8. The minimum atomic E-state index is -0.479. The number of H-pyrrole nitrogens is 1. The van der Waals surface area contributed by atoms with Crippen molar-refractivity contribution >= 4 is 34.1 Å². The molecule has 3 aliphatic rings. The molecule has 12 nitrogen and oxygen atoms in total. The van der Waals surface area contributed by atoms with E-state index in [4.69, 9.17) is 4.74 Å². The predicted octanol–water partition coefficient (Wildman–Crippen LogP) is 3.53. The highest BCUT2D eigenvalue weighted by Crippen LogP contribution is 2.38. The van der Waals surface area contributed by atoms with Crippen molar-refractivity contribution < 1.29 is 23.1 Å². The molecule has 14 heteroatoms. The van der Waals surface area contributed by atoms with Crippen LogP contribution in [-0.4, -0.2) is 118 Å². The molecule has 6 heterocycles. The lowest BCUT2D eigenvalue weighted by Gasteiger charge is -2.35. The Morgan fingerprint density at radius 1 is 1.06 bits per heavy atom. The Labute approximate surface area is 276 Å². The van der Waals surface area contributed by atoms with Crippen LogP contribution in [0.5, 0.6) is 5.75 Å². The maximum absolute atomic E-state index is 16.5. The molecule has 252 valence electrons. The van der Waals surface area contributed by atoms with Gasteiger partial charge in [0, 0.05) is 75.4 Å². The van der Waals surface area contributed by atoms with Crippen LogP contribution in [0.3, 0.4) is 0 Å². The first-order valence-electron chi connectivity index (χ1n) is 16.4. The smallest absolute Gasteiger partial charge is 0.270 e. The van der Waals surface area contributed by atoms with E-state index in [-0.39, 0.29) is 24.2 Å². The number of rotatable bonds is 8.